The summed E-state index contributed by atoms with van der Waals surface area (Å²) < 4.78 is 55.0. The maximum absolute atomic E-state index is 14.9. The highest BCUT2D eigenvalue weighted by Crippen LogP contribution is 2.31. The lowest BCUT2D eigenvalue weighted by molar-refractivity contribution is -0.137. The maximum atomic E-state index is 14.9. The van der Waals surface area contributed by atoms with Gasteiger partial charge in [-0.25, -0.2) is 13.9 Å². The molecule has 1 aliphatic carbocycles. The Kier molecular flexibility index (Phi) is 5.42. The second kappa shape index (κ2) is 8.68. The molecule has 0 aromatic carbocycles. The van der Waals surface area contributed by atoms with Gasteiger partial charge in [0.25, 0.3) is 5.91 Å². The number of nitrogens with zero attached hydrogens (tertiary/aromatic N) is 6. The molecule has 1 amide bonds. The number of nitrogens with one attached hydrogen (secondary N) is 2. The van der Waals surface area contributed by atoms with Crippen molar-refractivity contribution in [3.05, 3.63) is 71.6 Å². The van der Waals surface area contributed by atoms with Crippen LogP contribution in [0.5, 0.6) is 0 Å². The van der Waals surface area contributed by atoms with Crippen LogP contribution >= 0.6 is 0 Å². The number of carbonyl (C=O) groups excluding carboxylic acids is 1. The van der Waals surface area contributed by atoms with E-state index >= 15 is 0 Å². The van der Waals surface area contributed by atoms with Crippen molar-refractivity contribution in [2.75, 3.05) is 15.5 Å². The van der Waals surface area contributed by atoms with E-state index in [9.17, 15) is 22.4 Å². The molecule has 1 saturated carbocycles. The van der Waals surface area contributed by atoms with Gasteiger partial charge >= 0.3 is 6.18 Å². The summed E-state index contributed by atoms with van der Waals surface area (Å²) in [6.07, 6.45) is 1.82. The molecule has 6 rings (SSSR count). The third-order valence-corrected chi connectivity index (χ3v) is 6.58. The standard InChI is InChI=1S/C24H20F4N8O/c25-18-10-17(35-12-13-2-1-6-29-20(13)22(35)37)11-30-21(18)31-15-3-4-16(9-15)32-23-33-19-8-14(24(26,27)28)5-7-36(19)34-23/h1-2,5-8,10-11,15-16H,3-4,9,12H2,(H,30,31)(H,32,34)/t15-,16-/m0/s1. The van der Waals surface area contributed by atoms with Crippen LogP contribution < -0.4 is 15.5 Å². The van der Waals surface area contributed by atoms with Crippen LogP contribution in [0.25, 0.3) is 5.65 Å². The average Bonchev–Trinajstić information content (AvgIpc) is 3.57. The van der Waals surface area contributed by atoms with Crippen LogP contribution in [0.15, 0.2) is 48.9 Å². The van der Waals surface area contributed by atoms with Gasteiger partial charge in [-0.3, -0.25) is 9.78 Å². The van der Waals surface area contributed by atoms with E-state index in [-0.39, 0.29) is 35.4 Å². The molecule has 9 nitrogen and oxygen atoms in total. The fourth-order valence-electron chi connectivity index (χ4n) is 4.76. The van der Waals surface area contributed by atoms with Crippen molar-refractivity contribution in [3.63, 3.8) is 0 Å². The first-order valence-corrected chi connectivity index (χ1v) is 11.6. The van der Waals surface area contributed by atoms with E-state index in [0.29, 0.717) is 24.3 Å². The summed E-state index contributed by atoms with van der Waals surface area (Å²) in [7, 11) is 0. The minimum Gasteiger partial charge on any atom is -0.365 e. The molecule has 0 spiro atoms. The number of amides is 1. The molecule has 1 aliphatic heterocycles. The van der Waals surface area contributed by atoms with Gasteiger partial charge in [0.15, 0.2) is 17.3 Å². The molecule has 190 valence electrons. The van der Waals surface area contributed by atoms with Crippen LogP contribution in [0, 0.1) is 5.82 Å². The molecule has 0 bridgehead atoms. The van der Waals surface area contributed by atoms with Gasteiger partial charge in [0.2, 0.25) is 5.95 Å². The largest absolute Gasteiger partial charge is 0.416 e. The summed E-state index contributed by atoms with van der Waals surface area (Å²) in [5, 5.41) is 10.4. The molecular weight excluding hydrogens is 492 g/mol. The van der Waals surface area contributed by atoms with E-state index in [1.807, 2.05) is 6.07 Å². The van der Waals surface area contributed by atoms with Gasteiger partial charge < -0.3 is 15.5 Å². The predicted octanol–water partition coefficient (Wildman–Crippen LogP) is 4.28. The van der Waals surface area contributed by atoms with Crippen LogP contribution in [0.3, 0.4) is 0 Å². The lowest BCUT2D eigenvalue weighted by atomic mass is 10.2. The zero-order valence-electron chi connectivity index (χ0n) is 19.2. The molecule has 13 heteroatoms. The smallest absolute Gasteiger partial charge is 0.365 e. The number of aromatic nitrogens is 5. The van der Waals surface area contributed by atoms with Crippen molar-refractivity contribution < 1.29 is 22.4 Å². The predicted molar refractivity (Wildman–Crippen MR) is 126 cm³/mol. The fourth-order valence-corrected chi connectivity index (χ4v) is 4.76. The van der Waals surface area contributed by atoms with Crippen molar-refractivity contribution >= 4 is 29.0 Å². The van der Waals surface area contributed by atoms with Gasteiger partial charge in [0.1, 0.15) is 5.69 Å². The highest BCUT2D eigenvalue weighted by molar-refractivity contribution is 6.08. The minimum absolute atomic E-state index is 0.0486. The number of halogens is 4. The number of anilines is 3. The summed E-state index contributed by atoms with van der Waals surface area (Å²) in [6.45, 7) is 0.306. The monoisotopic (exact) mass is 512 g/mol. The van der Waals surface area contributed by atoms with Gasteiger partial charge in [-0.1, -0.05) is 6.07 Å². The number of alkyl halides is 3. The minimum atomic E-state index is -4.46. The zero-order valence-corrected chi connectivity index (χ0v) is 19.2. The Morgan fingerprint density at radius 1 is 1.05 bits per heavy atom. The summed E-state index contributed by atoms with van der Waals surface area (Å²) >= 11 is 0. The summed E-state index contributed by atoms with van der Waals surface area (Å²) in [6, 6.07) is 6.60. The molecule has 4 aromatic heterocycles. The number of fused-ring (bicyclic) bond motifs is 2. The molecule has 5 heterocycles. The van der Waals surface area contributed by atoms with Crippen molar-refractivity contribution in [3.8, 4) is 0 Å². The lowest BCUT2D eigenvalue weighted by Gasteiger charge is -2.18. The first kappa shape index (κ1) is 23.1. The van der Waals surface area contributed by atoms with Crippen LogP contribution in [0.4, 0.5) is 35.0 Å². The van der Waals surface area contributed by atoms with E-state index in [1.165, 1.54) is 27.9 Å². The van der Waals surface area contributed by atoms with Crippen molar-refractivity contribution in [1.82, 2.24) is 24.6 Å². The van der Waals surface area contributed by atoms with E-state index in [4.69, 9.17) is 0 Å². The third kappa shape index (κ3) is 4.41. The molecule has 4 aromatic rings. The molecule has 0 unspecified atom stereocenters. The quantitative estimate of drug-likeness (QED) is 0.385. The highest BCUT2D eigenvalue weighted by atomic mass is 19.4. The second-order valence-electron chi connectivity index (χ2n) is 9.07. The zero-order chi connectivity index (χ0) is 25.7. The van der Waals surface area contributed by atoms with Gasteiger partial charge in [-0.2, -0.15) is 18.2 Å². The molecule has 0 radical (unpaired) electrons. The van der Waals surface area contributed by atoms with Crippen molar-refractivity contribution in [2.45, 2.75) is 44.1 Å². The van der Waals surface area contributed by atoms with Gasteiger partial charge in [0, 0.05) is 36.1 Å². The summed E-state index contributed by atoms with van der Waals surface area (Å²) in [4.78, 5) is 26.5. The number of rotatable bonds is 5. The first-order valence-electron chi connectivity index (χ1n) is 11.6. The number of carbonyl (C=O) groups is 1. The number of hydrogen-bond donors (Lipinski definition) is 2. The van der Waals surface area contributed by atoms with Crippen LogP contribution in [0.2, 0.25) is 0 Å². The molecule has 2 aliphatic rings. The molecule has 2 N–H and O–H groups in total. The topological polar surface area (TPSA) is 100 Å². The third-order valence-electron chi connectivity index (χ3n) is 6.58. The molecule has 1 fully saturated rings. The second-order valence-corrected chi connectivity index (χ2v) is 9.07. The Morgan fingerprint density at radius 3 is 2.62 bits per heavy atom. The Bertz CT molecular complexity index is 1500. The van der Waals surface area contributed by atoms with Crippen LogP contribution in [0.1, 0.15) is 40.9 Å². The van der Waals surface area contributed by atoms with Gasteiger partial charge in [0.05, 0.1) is 24.0 Å². The van der Waals surface area contributed by atoms with E-state index in [1.54, 1.807) is 12.3 Å². The first-order chi connectivity index (χ1) is 17.7. The van der Waals surface area contributed by atoms with E-state index in [2.05, 4.69) is 30.7 Å². The van der Waals surface area contributed by atoms with Crippen LogP contribution in [-0.4, -0.2) is 42.6 Å². The maximum Gasteiger partial charge on any atom is 0.416 e. The Hall–Kier alpha value is -4.29. The lowest BCUT2D eigenvalue weighted by Crippen LogP contribution is -2.25. The highest BCUT2D eigenvalue weighted by Gasteiger charge is 2.32. The fraction of sp³-hybridized carbons (Fsp3) is 0.292. The summed E-state index contributed by atoms with van der Waals surface area (Å²) in [5.74, 6) is -0.558. The van der Waals surface area contributed by atoms with E-state index in [0.717, 1.165) is 30.5 Å². The Balaban J connectivity index is 1.09. The van der Waals surface area contributed by atoms with Gasteiger partial charge in [-0.05, 0) is 37.5 Å². The molecule has 0 saturated heterocycles. The van der Waals surface area contributed by atoms with Gasteiger partial charge in [-0.15, -0.1) is 5.10 Å². The van der Waals surface area contributed by atoms with Crippen molar-refractivity contribution in [2.24, 2.45) is 0 Å². The SMILES string of the molecule is O=C1c2ncccc2CN1c1cnc(N[C@H]2CC[C@H](Nc3nc4cc(C(F)(F)F)ccn4n3)C2)c(F)c1. The number of pyridine rings is 3. The summed E-state index contributed by atoms with van der Waals surface area (Å²) in [5.41, 5.74) is 0.784. The normalized spacial score (nSPS) is 19.5. The Labute approximate surface area is 207 Å². The van der Waals surface area contributed by atoms with Crippen molar-refractivity contribution in [1.29, 1.82) is 0 Å². The average molecular weight is 512 g/mol. The Morgan fingerprint density at radius 2 is 1.86 bits per heavy atom. The molecule has 37 heavy (non-hydrogen) atoms. The van der Waals surface area contributed by atoms with E-state index < -0.39 is 17.6 Å². The number of hydrogen-bond acceptors (Lipinski definition) is 7. The molecule has 2 atom stereocenters. The van der Waals surface area contributed by atoms with Crippen LogP contribution in [-0.2, 0) is 12.7 Å². The molecular formula is C24H20F4N8O.